The summed E-state index contributed by atoms with van der Waals surface area (Å²) in [5.74, 6) is -0.106. The predicted molar refractivity (Wildman–Crippen MR) is 67.4 cm³/mol. The monoisotopic (exact) mass is 218 g/mol. The van der Waals surface area contributed by atoms with Gasteiger partial charge in [-0.1, -0.05) is 24.3 Å². The number of anilines is 1. The second-order valence-corrected chi connectivity index (χ2v) is 3.65. The van der Waals surface area contributed by atoms with Crippen molar-refractivity contribution >= 4 is 11.6 Å². The smallest absolute Gasteiger partial charge is 0.253 e. The number of carbonyl (C=O) groups excluding carboxylic acids is 1. The number of nitrogen functional groups attached to an aromatic ring is 1. The molecule has 1 aromatic rings. The maximum atomic E-state index is 11.8. The van der Waals surface area contributed by atoms with Crippen LogP contribution in [-0.2, 0) is 0 Å². The summed E-state index contributed by atoms with van der Waals surface area (Å²) in [6.45, 7) is 4.49. The van der Waals surface area contributed by atoms with Gasteiger partial charge in [0.25, 0.3) is 5.91 Å². The summed E-state index contributed by atoms with van der Waals surface area (Å²) in [4.78, 5) is 11.8. The van der Waals surface area contributed by atoms with E-state index in [1.54, 1.807) is 6.07 Å². The van der Waals surface area contributed by atoms with Crippen molar-refractivity contribution in [3.8, 4) is 0 Å². The number of allylic oxidation sites excluding steroid dienone is 1. The lowest BCUT2D eigenvalue weighted by Gasteiger charge is -2.08. The second kappa shape index (κ2) is 5.95. The number of hydrogen-bond donors (Lipinski definition) is 2. The van der Waals surface area contributed by atoms with E-state index in [2.05, 4.69) is 5.32 Å². The van der Waals surface area contributed by atoms with E-state index in [1.807, 2.05) is 38.1 Å². The molecule has 0 saturated heterocycles. The number of nitrogens with one attached hydrogen (secondary N) is 1. The number of nitrogens with two attached hydrogens (primary N) is 1. The fourth-order valence-electron chi connectivity index (χ4n) is 1.41. The molecule has 0 bridgehead atoms. The molecule has 0 spiro atoms. The van der Waals surface area contributed by atoms with Gasteiger partial charge in [0, 0.05) is 12.2 Å². The van der Waals surface area contributed by atoms with Gasteiger partial charge >= 0.3 is 0 Å². The molecule has 3 heteroatoms. The molecule has 1 amide bonds. The summed E-state index contributed by atoms with van der Waals surface area (Å²) < 4.78 is 0. The molecule has 0 aliphatic heterocycles. The molecule has 0 saturated carbocycles. The molecule has 0 aliphatic carbocycles. The van der Waals surface area contributed by atoms with E-state index in [-0.39, 0.29) is 5.91 Å². The van der Waals surface area contributed by atoms with Crippen LogP contribution in [0.2, 0.25) is 0 Å². The molecule has 0 heterocycles. The number of benzene rings is 1. The van der Waals surface area contributed by atoms with E-state index in [9.17, 15) is 4.79 Å². The minimum Gasteiger partial charge on any atom is -0.398 e. The topological polar surface area (TPSA) is 55.1 Å². The van der Waals surface area contributed by atoms with Gasteiger partial charge in [-0.25, -0.2) is 0 Å². The normalized spacial score (nSPS) is 10.6. The Labute approximate surface area is 96.3 Å². The Balaban J connectivity index is 2.63. The van der Waals surface area contributed by atoms with Gasteiger partial charge in [0.2, 0.25) is 0 Å². The summed E-state index contributed by atoms with van der Waals surface area (Å²) in [5, 5.41) is 2.83. The third-order valence-electron chi connectivity index (χ3n) is 2.40. The first-order valence-corrected chi connectivity index (χ1v) is 5.41. The molecule has 1 rings (SSSR count). The van der Waals surface area contributed by atoms with Crippen LogP contribution in [0.5, 0.6) is 0 Å². The quantitative estimate of drug-likeness (QED) is 0.463. The molecule has 0 unspecified atom stereocenters. The minimum absolute atomic E-state index is 0.106. The maximum absolute atomic E-state index is 11.8. The third-order valence-corrected chi connectivity index (χ3v) is 2.40. The molecule has 0 atom stereocenters. The Morgan fingerprint density at radius 2 is 2.25 bits per heavy atom. The number of carbonyl (C=O) groups is 1. The highest BCUT2D eigenvalue weighted by atomic mass is 16.1. The summed E-state index contributed by atoms with van der Waals surface area (Å²) >= 11 is 0. The van der Waals surface area contributed by atoms with Crippen molar-refractivity contribution in [3.63, 3.8) is 0 Å². The van der Waals surface area contributed by atoms with Crippen molar-refractivity contribution in [2.45, 2.75) is 20.3 Å². The standard InChI is InChI=1S/C13H18N2O/c1-3-4-5-9-15-13(16)11-8-6-7-10(2)12(11)14/h3-4,6-8H,5,9,14H2,1-2H3,(H,15,16)/b4-3+. The highest BCUT2D eigenvalue weighted by Crippen LogP contribution is 2.15. The van der Waals surface area contributed by atoms with Gasteiger partial charge < -0.3 is 11.1 Å². The van der Waals surface area contributed by atoms with Crippen molar-refractivity contribution in [1.29, 1.82) is 0 Å². The predicted octanol–water partition coefficient (Wildman–Crippen LogP) is 2.27. The molecule has 0 aromatic heterocycles. The van der Waals surface area contributed by atoms with Gasteiger partial charge in [-0.3, -0.25) is 4.79 Å². The maximum Gasteiger partial charge on any atom is 0.253 e. The highest BCUT2D eigenvalue weighted by Gasteiger charge is 2.09. The number of para-hydroxylation sites is 1. The zero-order valence-electron chi connectivity index (χ0n) is 9.79. The molecule has 0 fully saturated rings. The number of aryl methyl sites for hydroxylation is 1. The van der Waals surface area contributed by atoms with Crippen LogP contribution in [0.4, 0.5) is 5.69 Å². The van der Waals surface area contributed by atoms with E-state index in [0.717, 1.165) is 12.0 Å². The van der Waals surface area contributed by atoms with Crippen LogP contribution in [0.15, 0.2) is 30.4 Å². The van der Waals surface area contributed by atoms with E-state index >= 15 is 0 Å². The lowest BCUT2D eigenvalue weighted by Crippen LogP contribution is -2.25. The Morgan fingerprint density at radius 3 is 2.94 bits per heavy atom. The van der Waals surface area contributed by atoms with Gasteiger partial charge in [-0.2, -0.15) is 0 Å². The summed E-state index contributed by atoms with van der Waals surface area (Å²) in [7, 11) is 0. The Kier molecular flexibility index (Phi) is 4.58. The average Bonchev–Trinajstić information content (AvgIpc) is 2.28. The lowest BCUT2D eigenvalue weighted by molar-refractivity contribution is 0.0955. The lowest BCUT2D eigenvalue weighted by atomic mass is 10.1. The van der Waals surface area contributed by atoms with Crippen LogP contribution in [0.25, 0.3) is 0 Å². The first kappa shape index (κ1) is 12.3. The van der Waals surface area contributed by atoms with Crippen molar-refractivity contribution < 1.29 is 4.79 Å². The van der Waals surface area contributed by atoms with Crippen molar-refractivity contribution in [1.82, 2.24) is 5.32 Å². The van der Waals surface area contributed by atoms with Crippen LogP contribution in [-0.4, -0.2) is 12.5 Å². The van der Waals surface area contributed by atoms with Crippen LogP contribution in [0, 0.1) is 6.92 Å². The SMILES string of the molecule is C/C=C/CCNC(=O)c1cccc(C)c1N. The molecule has 0 radical (unpaired) electrons. The van der Waals surface area contributed by atoms with E-state index in [1.165, 1.54) is 0 Å². The Bertz CT molecular complexity index is 397. The third kappa shape index (κ3) is 3.12. The molecule has 0 aliphatic rings. The molecule has 16 heavy (non-hydrogen) atoms. The second-order valence-electron chi connectivity index (χ2n) is 3.65. The van der Waals surface area contributed by atoms with Gasteiger partial charge in [0.1, 0.15) is 0 Å². The van der Waals surface area contributed by atoms with Crippen LogP contribution >= 0.6 is 0 Å². The first-order chi connectivity index (χ1) is 7.66. The number of rotatable bonds is 4. The Hall–Kier alpha value is -1.77. The zero-order chi connectivity index (χ0) is 12.0. The van der Waals surface area contributed by atoms with Gasteiger partial charge in [-0.05, 0) is 31.9 Å². The highest BCUT2D eigenvalue weighted by molar-refractivity contribution is 5.99. The molecule has 3 N–H and O–H groups in total. The Morgan fingerprint density at radius 1 is 1.50 bits per heavy atom. The van der Waals surface area contributed by atoms with Gasteiger partial charge in [0.05, 0.1) is 5.56 Å². The molecule has 3 nitrogen and oxygen atoms in total. The van der Waals surface area contributed by atoms with Crippen LogP contribution < -0.4 is 11.1 Å². The number of hydrogen-bond acceptors (Lipinski definition) is 2. The van der Waals surface area contributed by atoms with Crippen molar-refractivity contribution in [3.05, 3.63) is 41.5 Å². The number of amides is 1. The fourth-order valence-corrected chi connectivity index (χ4v) is 1.41. The fraction of sp³-hybridized carbons (Fsp3) is 0.308. The molecule has 86 valence electrons. The van der Waals surface area contributed by atoms with E-state index in [0.29, 0.717) is 17.8 Å². The first-order valence-electron chi connectivity index (χ1n) is 5.41. The molecular formula is C13H18N2O. The van der Waals surface area contributed by atoms with E-state index in [4.69, 9.17) is 5.73 Å². The summed E-state index contributed by atoms with van der Waals surface area (Å²) in [5.41, 5.74) is 7.89. The van der Waals surface area contributed by atoms with Crippen LogP contribution in [0.3, 0.4) is 0 Å². The summed E-state index contributed by atoms with van der Waals surface area (Å²) in [6.07, 6.45) is 4.82. The van der Waals surface area contributed by atoms with Gasteiger partial charge in [0.15, 0.2) is 0 Å². The molecule has 1 aromatic carbocycles. The van der Waals surface area contributed by atoms with Crippen molar-refractivity contribution in [2.24, 2.45) is 0 Å². The van der Waals surface area contributed by atoms with E-state index < -0.39 is 0 Å². The van der Waals surface area contributed by atoms with Crippen molar-refractivity contribution in [2.75, 3.05) is 12.3 Å². The molecular weight excluding hydrogens is 200 g/mol. The summed E-state index contributed by atoms with van der Waals surface area (Å²) in [6, 6.07) is 5.48. The van der Waals surface area contributed by atoms with Gasteiger partial charge in [-0.15, -0.1) is 0 Å². The minimum atomic E-state index is -0.106. The average molecular weight is 218 g/mol. The zero-order valence-corrected chi connectivity index (χ0v) is 9.79. The van der Waals surface area contributed by atoms with Crippen LogP contribution in [0.1, 0.15) is 29.3 Å². The largest absolute Gasteiger partial charge is 0.398 e.